The molecule has 4 rings (SSSR count). The first-order valence-corrected chi connectivity index (χ1v) is 14.0. The largest absolute Gasteiger partial charge is 0.492 e. The van der Waals surface area contributed by atoms with Gasteiger partial charge in [0.05, 0.1) is 18.0 Å². The predicted molar refractivity (Wildman–Crippen MR) is 142 cm³/mol. The van der Waals surface area contributed by atoms with Gasteiger partial charge in [-0.25, -0.2) is 8.42 Å². The second-order valence-electron chi connectivity index (χ2n) is 8.46. The molecular formula is C25H28Cl2N4O4S. The zero-order chi connectivity index (χ0) is 25.7. The lowest BCUT2D eigenvalue weighted by molar-refractivity contribution is -0.125. The molecule has 1 atom stereocenters. The van der Waals surface area contributed by atoms with Crippen LogP contribution < -0.4 is 15.4 Å². The van der Waals surface area contributed by atoms with E-state index in [-0.39, 0.29) is 23.1 Å². The van der Waals surface area contributed by atoms with Crippen LogP contribution in [0.25, 0.3) is 10.9 Å². The number of aromatic nitrogens is 1. The molecule has 3 aromatic rings. The van der Waals surface area contributed by atoms with Crippen molar-refractivity contribution in [1.29, 1.82) is 0 Å². The number of ether oxygens (including phenoxy) is 1. The van der Waals surface area contributed by atoms with Gasteiger partial charge in [-0.1, -0.05) is 23.2 Å². The highest BCUT2D eigenvalue weighted by atomic mass is 35.5. The Morgan fingerprint density at radius 1 is 1.14 bits per heavy atom. The van der Waals surface area contributed by atoms with E-state index in [9.17, 15) is 13.2 Å². The van der Waals surface area contributed by atoms with Crippen molar-refractivity contribution in [3.05, 3.63) is 58.7 Å². The number of sulfonamides is 1. The van der Waals surface area contributed by atoms with Crippen LogP contribution >= 0.6 is 23.2 Å². The first-order chi connectivity index (χ1) is 17.3. The highest BCUT2D eigenvalue weighted by Gasteiger charge is 2.35. The van der Waals surface area contributed by atoms with E-state index in [1.807, 2.05) is 18.2 Å². The van der Waals surface area contributed by atoms with E-state index in [1.165, 1.54) is 10.4 Å². The van der Waals surface area contributed by atoms with Gasteiger partial charge in [0, 0.05) is 53.5 Å². The molecule has 1 unspecified atom stereocenters. The van der Waals surface area contributed by atoms with Crippen LogP contribution in [0.3, 0.4) is 0 Å². The van der Waals surface area contributed by atoms with Gasteiger partial charge in [0.1, 0.15) is 10.6 Å². The van der Waals surface area contributed by atoms with Crippen molar-refractivity contribution >= 4 is 55.7 Å². The van der Waals surface area contributed by atoms with E-state index in [0.717, 1.165) is 16.6 Å². The fourth-order valence-corrected chi connectivity index (χ4v) is 6.36. The van der Waals surface area contributed by atoms with Crippen LogP contribution in [0.15, 0.2) is 53.6 Å². The Balaban J connectivity index is 1.35. The fraction of sp³-hybridized carbons (Fsp3) is 0.360. The van der Waals surface area contributed by atoms with Crippen LogP contribution in [0.2, 0.25) is 10.0 Å². The number of nitrogens with zero attached hydrogens (tertiary/aromatic N) is 2. The second-order valence-corrected chi connectivity index (χ2v) is 11.2. The quantitative estimate of drug-likeness (QED) is 0.378. The van der Waals surface area contributed by atoms with Crippen LogP contribution in [-0.4, -0.2) is 56.4 Å². The minimum absolute atomic E-state index is 0.0213. The number of benzene rings is 2. The molecule has 0 aliphatic carbocycles. The van der Waals surface area contributed by atoms with Crippen molar-refractivity contribution in [2.24, 2.45) is 5.92 Å². The highest BCUT2D eigenvalue weighted by Crippen LogP contribution is 2.32. The molecule has 2 aromatic carbocycles. The third-order valence-corrected chi connectivity index (χ3v) is 8.38. The standard InChI is InChI=1S/C25H28Cl2N4O4S/c1-2-35-23-8-6-19(27)15-24(23)36(33,34)31-13-3-4-17(16-31)25(32)30-12-11-29-21-9-10-28-22-14-18(26)5-7-20(21)22/h5-10,14-15,17H,2-4,11-13,16H2,1H3,(H,28,29)(H,30,32). The number of anilines is 1. The number of halogens is 2. The molecule has 0 spiro atoms. The van der Waals surface area contributed by atoms with E-state index in [0.29, 0.717) is 49.1 Å². The molecule has 8 nitrogen and oxygen atoms in total. The third kappa shape index (κ3) is 6.03. The van der Waals surface area contributed by atoms with Crippen LogP contribution in [-0.2, 0) is 14.8 Å². The molecule has 1 aliphatic heterocycles. The Morgan fingerprint density at radius 3 is 2.72 bits per heavy atom. The van der Waals surface area contributed by atoms with E-state index >= 15 is 0 Å². The molecule has 1 saturated heterocycles. The number of hydrogen-bond acceptors (Lipinski definition) is 6. The topological polar surface area (TPSA) is 101 Å². The zero-order valence-corrected chi connectivity index (χ0v) is 22.2. The average molecular weight is 551 g/mol. The van der Waals surface area contributed by atoms with Crippen molar-refractivity contribution in [3.63, 3.8) is 0 Å². The van der Waals surface area contributed by atoms with Crippen molar-refractivity contribution in [2.75, 3.05) is 38.1 Å². The summed E-state index contributed by atoms with van der Waals surface area (Å²) in [6.45, 7) is 3.45. The molecule has 1 aromatic heterocycles. The highest BCUT2D eigenvalue weighted by molar-refractivity contribution is 7.89. The van der Waals surface area contributed by atoms with Crippen LogP contribution in [0.4, 0.5) is 5.69 Å². The summed E-state index contributed by atoms with van der Waals surface area (Å²) in [5.41, 5.74) is 1.68. The van der Waals surface area contributed by atoms with Gasteiger partial charge >= 0.3 is 0 Å². The molecule has 0 saturated carbocycles. The zero-order valence-electron chi connectivity index (χ0n) is 19.8. The van der Waals surface area contributed by atoms with Crippen molar-refractivity contribution in [1.82, 2.24) is 14.6 Å². The summed E-state index contributed by atoms with van der Waals surface area (Å²) < 4.78 is 33.6. The summed E-state index contributed by atoms with van der Waals surface area (Å²) in [6.07, 6.45) is 2.91. The van der Waals surface area contributed by atoms with E-state index < -0.39 is 15.9 Å². The first kappa shape index (κ1) is 26.5. The minimum Gasteiger partial charge on any atom is -0.492 e. The number of carbonyl (C=O) groups is 1. The molecule has 192 valence electrons. The normalized spacial score (nSPS) is 16.6. The van der Waals surface area contributed by atoms with Gasteiger partial charge in [0.25, 0.3) is 0 Å². The fourth-order valence-electron chi connectivity index (χ4n) is 4.27. The summed E-state index contributed by atoms with van der Waals surface area (Å²) in [5.74, 6) is -0.350. The van der Waals surface area contributed by atoms with Gasteiger partial charge in [0.15, 0.2) is 0 Å². The van der Waals surface area contributed by atoms with Gasteiger partial charge in [0.2, 0.25) is 15.9 Å². The molecule has 0 radical (unpaired) electrons. The maximum Gasteiger partial charge on any atom is 0.246 e. The van der Waals surface area contributed by atoms with Gasteiger partial charge in [-0.2, -0.15) is 4.31 Å². The average Bonchev–Trinajstić information content (AvgIpc) is 2.87. The van der Waals surface area contributed by atoms with Crippen LogP contribution in [0.1, 0.15) is 19.8 Å². The number of rotatable bonds is 9. The molecule has 1 amide bonds. The molecule has 2 N–H and O–H groups in total. The van der Waals surface area contributed by atoms with Crippen molar-refractivity contribution in [3.8, 4) is 5.75 Å². The minimum atomic E-state index is -3.87. The van der Waals surface area contributed by atoms with E-state index in [4.69, 9.17) is 27.9 Å². The van der Waals surface area contributed by atoms with Crippen LogP contribution in [0.5, 0.6) is 5.75 Å². The summed E-state index contributed by atoms with van der Waals surface area (Å²) >= 11 is 12.1. The van der Waals surface area contributed by atoms with Gasteiger partial charge in [-0.15, -0.1) is 0 Å². The summed E-state index contributed by atoms with van der Waals surface area (Å²) in [6, 6.07) is 11.9. The van der Waals surface area contributed by atoms with Gasteiger partial charge < -0.3 is 15.4 Å². The summed E-state index contributed by atoms with van der Waals surface area (Å²) in [7, 11) is -3.87. The molecule has 0 bridgehead atoms. The molecule has 11 heteroatoms. The number of fused-ring (bicyclic) bond motifs is 1. The van der Waals surface area contributed by atoms with E-state index in [2.05, 4.69) is 15.6 Å². The van der Waals surface area contributed by atoms with Gasteiger partial charge in [-0.05, 0) is 62.2 Å². The Hall–Kier alpha value is -2.59. The lowest BCUT2D eigenvalue weighted by atomic mass is 9.99. The smallest absolute Gasteiger partial charge is 0.246 e. The summed E-state index contributed by atoms with van der Waals surface area (Å²) in [4.78, 5) is 17.2. The number of amides is 1. The monoisotopic (exact) mass is 550 g/mol. The molecule has 1 aliphatic rings. The number of piperidine rings is 1. The first-order valence-electron chi connectivity index (χ1n) is 11.8. The Labute approximate surface area is 221 Å². The van der Waals surface area contributed by atoms with Crippen molar-refractivity contribution in [2.45, 2.75) is 24.7 Å². The number of carbonyl (C=O) groups excluding carboxylic acids is 1. The maximum absolute atomic E-state index is 13.4. The lowest BCUT2D eigenvalue weighted by Gasteiger charge is -2.31. The molecule has 36 heavy (non-hydrogen) atoms. The Bertz CT molecular complexity index is 1350. The number of pyridine rings is 1. The Kier molecular flexibility index (Phi) is 8.56. The van der Waals surface area contributed by atoms with Crippen molar-refractivity contribution < 1.29 is 17.9 Å². The molecular weight excluding hydrogens is 523 g/mol. The lowest BCUT2D eigenvalue weighted by Crippen LogP contribution is -2.46. The molecule has 2 heterocycles. The number of hydrogen-bond donors (Lipinski definition) is 2. The van der Waals surface area contributed by atoms with E-state index in [1.54, 1.807) is 31.3 Å². The third-order valence-electron chi connectivity index (χ3n) is 6.02. The molecule has 1 fully saturated rings. The number of nitrogens with one attached hydrogen (secondary N) is 2. The van der Waals surface area contributed by atoms with Gasteiger partial charge in [-0.3, -0.25) is 9.78 Å². The Morgan fingerprint density at radius 2 is 1.92 bits per heavy atom. The SMILES string of the molecule is CCOc1ccc(Cl)cc1S(=O)(=O)N1CCCC(C(=O)NCCNc2ccnc3cc(Cl)ccc23)C1. The maximum atomic E-state index is 13.4. The predicted octanol–water partition coefficient (Wildman–Crippen LogP) is 4.57. The van der Waals surface area contributed by atoms with Crippen LogP contribution in [0, 0.1) is 5.92 Å². The summed E-state index contributed by atoms with van der Waals surface area (Å²) in [5, 5.41) is 8.10. The second kappa shape index (κ2) is 11.6.